The van der Waals surface area contributed by atoms with Crippen LogP contribution in [0.1, 0.15) is 0 Å². The molecule has 2 aromatic rings. The Bertz CT molecular complexity index is 478. The number of aromatic nitrogens is 1. The standard InChI is InChI=1S/C8H7BN2O2/c9-7-4-6(11(12)13)3-5-1-2-10-8(5)7/h1-4,10H,9H2. The maximum absolute atomic E-state index is 10.5. The van der Waals surface area contributed by atoms with Crippen molar-refractivity contribution in [2.45, 2.75) is 0 Å². The minimum atomic E-state index is -0.376. The van der Waals surface area contributed by atoms with Crippen molar-refractivity contribution in [3.05, 3.63) is 34.5 Å². The lowest BCUT2D eigenvalue weighted by Gasteiger charge is -1.96. The second-order valence-electron chi connectivity index (χ2n) is 2.96. The summed E-state index contributed by atoms with van der Waals surface area (Å²) in [6, 6.07) is 4.97. The van der Waals surface area contributed by atoms with E-state index >= 15 is 0 Å². The summed E-state index contributed by atoms with van der Waals surface area (Å²) >= 11 is 0. The molecule has 0 unspecified atom stereocenters. The monoisotopic (exact) mass is 174 g/mol. The first-order valence-corrected chi connectivity index (χ1v) is 3.90. The Morgan fingerprint density at radius 1 is 1.46 bits per heavy atom. The molecule has 1 N–H and O–H groups in total. The summed E-state index contributed by atoms with van der Waals surface area (Å²) in [7, 11) is 1.85. The number of benzene rings is 1. The van der Waals surface area contributed by atoms with Crippen LogP contribution in [0.5, 0.6) is 0 Å². The number of fused-ring (bicyclic) bond motifs is 1. The molecule has 64 valence electrons. The smallest absolute Gasteiger partial charge is 0.269 e. The highest BCUT2D eigenvalue weighted by molar-refractivity contribution is 6.38. The van der Waals surface area contributed by atoms with Gasteiger partial charge < -0.3 is 4.98 Å². The molecule has 0 spiro atoms. The molecule has 4 nitrogen and oxygen atoms in total. The molecular formula is C8H7BN2O2. The van der Waals surface area contributed by atoms with Gasteiger partial charge in [-0.1, -0.05) is 5.46 Å². The molecule has 0 bridgehead atoms. The summed E-state index contributed by atoms with van der Waals surface area (Å²) in [5, 5.41) is 11.4. The van der Waals surface area contributed by atoms with Crippen molar-refractivity contribution in [1.82, 2.24) is 4.98 Å². The predicted octanol–water partition coefficient (Wildman–Crippen LogP) is 0.334. The van der Waals surface area contributed by atoms with Crippen LogP contribution in [0.25, 0.3) is 10.9 Å². The van der Waals surface area contributed by atoms with Crippen molar-refractivity contribution in [2.24, 2.45) is 0 Å². The van der Waals surface area contributed by atoms with Gasteiger partial charge in [-0.3, -0.25) is 10.1 Å². The molecule has 13 heavy (non-hydrogen) atoms. The number of hydrogen-bond acceptors (Lipinski definition) is 2. The lowest BCUT2D eigenvalue weighted by Crippen LogP contribution is -2.05. The number of non-ortho nitro benzene ring substituents is 1. The van der Waals surface area contributed by atoms with Gasteiger partial charge in [0.1, 0.15) is 7.85 Å². The molecule has 0 fully saturated rings. The van der Waals surface area contributed by atoms with Gasteiger partial charge in [-0.2, -0.15) is 0 Å². The van der Waals surface area contributed by atoms with Crippen molar-refractivity contribution < 1.29 is 4.92 Å². The van der Waals surface area contributed by atoms with Gasteiger partial charge in [-0.25, -0.2) is 0 Å². The average molecular weight is 174 g/mol. The van der Waals surface area contributed by atoms with E-state index in [1.165, 1.54) is 0 Å². The van der Waals surface area contributed by atoms with Crippen molar-refractivity contribution in [2.75, 3.05) is 0 Å². The molecule has 1 heterocycles. The van der Waals surface area contributed by atoms with Crippen LogP contribution in [-0.2, 0) is 0 Å². The van der Waals surface area contributed by atoms with Gasteiger partial charge in [0.05, 0.1) is 4.92 Å². The maximum Gasteiger partial charge on any atom is 0.269 e. The number of hydrogen-bond donors (Lipinski definition) is 1. The maximum atomic E-state index is 10.5. The zero-order valence-corrected chi connectivity index (χ0v) is 7.07. The largest absolute Gasteiger partial charge is 0.362 e. The van der Waals surface area contributed by atoms with Gasteiger partial charge in [0.25, 0.3) is 5.69 Å². The van der Waals surface area contributed by atoms with Crippen LogP contribution >= 0.6 is 0 Å². The predicted molar refractivity (Wildman–Crippen MR) is 53.1 cm³/mol. The zero-order chi connectivity index (χ0) is 9.42. The fraction of sp³-hybridized carbons (Fsp3) is 0. The molecule has 0 aliphatic heterocycles. The molecule has 0 atom stereocenters. The third-order valence-corrected chi connectivity index (χ3v) is 2.05. The minimum Gasteiger partial charge on any atom is -0.362 e. The van der Waals surface area contributed by atoms with E-state index in [2.05, 4.69) is 4.98 Å². The van der Waals surface area contributed by atoms with Crippen LogP contribution in [0.15, 0.2) is 24.4 Å². The Labute approximate surface area is 75.1 Å². The first-order valence-electron chi connectivity index (χ1n) is 3.90. The summed E-state index contributed by atoms with van der Waals surface area (Å²) in [5.74, 6) is 0. The van der Waals surface area contributed by atoms with E-state index in [9.17, 15) is 10.1 Å². The highest BCUT2D eigenvalue weighted by atomic mass is 16.6. The molecule has 0 radical (unpaired) electrons. The van der Waals surface area contributed by atoms with E-state index in [1.807, 2.05) is 13.9 Å². The van der Waals surface area contributed by atoms with Crippen molar-refractivity contribution >= 4 is 29.9 Å². The average Bonchev–Trinajstić information content (AvgIpc) is 2.51. The van der Waals surface area contributed by atoms with Gasteiger partial charge in [-0.05, 0) is 6.07 Å². The molecule has 2 rings (SSSR count). The highest BCUT2D eigenvalue weighted by Crippen LogP contribution is 2.17. The van der Waals surface area contributed by atoms with E-state index in [1.54, 1.807) is 18.3 Å². The van der Waals surface area contributed by atoms with Crippen LogP contribution in [0.4, 0.5) is 5.69 Å². The first-order chi connectivity index (χ1) is 6.18. The fourth-order valence-electron chi connectivity index (χ4n) is 1.44. The SMILES string of the molecule is Bc1cc([N+](=O)[O-])cc2cc[nH]c12. The Kier molecular flexibility index (Phi) is 1.58. The lowest BCUT2D eigenvalue weighted by molar-refractivity contribution is -0.384. The van der Waals surface area contributed by atoms with E-state index in [0.29, 0.717) is 0 Å². The van der Waals surface area contributed by atoms with Crippen molar-refractivity contribution in [1.29, 1.82) is 0 Å². The number of aromatic amines is 1. The van der Waals surface area contributed by atoms with Gasteiger partial charge in [0.15, 0.2) is 0 Å². The normalized spacial score (nSPS) is 10.5. The lowest BCUT2D eigenvalue weighted by atomic mass is 9.93. The quantitative estimate of drug-likeness (QED) is 0.384. The van der Waals surface area contributed by atoms with Crippen LogP contribution < -0.4 is 5.46 Å². The van der Waals surface area contributed by atoms with E-state index < -0.39 is 0 Å². The van der Waals surface area contributed by atoms with Crippen molar-refractivity contribution in [3.63, 3.8) is 0 Å². The van der Waals surface area contributed by atoms with Gasteiger partial charge >= 0.3 is 0 Å². The third-order valence-electron chi connectivity index (χ3n) is 2.05. The molecule has 0 amide bonds. The highest BCUT2D eigenvalue weighted by Gasteiger charge is 2.08. The van der Waals surface area contributed by atoms with Crippen LogP contribution in [0.2, 0.25) is 0 Å². The number of rotatable bonds is 1. The molecule has 1 aromatic carbocycles. The second-order valence-corrected chi connectivity index (χ2v) is 2.96. The summed E-state index contributed by atoms with van der Waals surface area (Å²) < 4.78 is 0. The van der Waals surface area contributed by atoms with E-state index in [-0.39, 0.29) is 10.6 Å². The van der Waals surface area contributed by atoms with Gasteiger partial charge in [0, 0.05) is 29.2 Å². The minimum absolute atomic E-state index is 0.143. The Hall–Kier alpha value is -1.78. The van der Waals surface area contributed by atoms with Crippen molar-refractivity contribution in [3.8, 4) is 0 Å². The van der Waals surface area contributed by atoms with E-state index in [0.717, 1.165) is 16.4 Å². The second kappa shape index (κ2) is 2.62. The Morgan fingerprint density at radius 2 is 2.23 bits per heavy atom. The Morgan fingerprint density at radius 3 is 2.92 bits per heavy atom. The third kappa shape index (κ3) is 1.18. The topological polar surface area (TPSA) is 58.9 Å². The molecular weight excluding hydrogens is 167 g/mol. The first kappa shape index (κ1) is 7.85. The molecule has 0 aliphatic rings. The fourth-order valence-corrected chi connectivity index (χ4v) is 1.44. The number of nitro groups is 1. The number of nitrogens with zero attached hydrogens (tertiary/aromatic N) is 1. The molecule has 1 aromatic heterocycles. The number of nitro benzene ring substituents is 1. The van der Waals surface area contributed by atoms with E-state index in [4.69, 9.17) is 0 Å². The van der Waals surface area contributed by atoms with Crippen LogP contribution in [0.3, 0.4) is 0 Å². The molecule has 0 aliphatic carbocycles. The van der Waals surface area contributed by atoms with Crippen LogP contribution in [0, 0.1) is 10.1 Å². The number of nitrogens with one attached hydrogen (secondary N) is 1. The summed E-state index contributed by atoms with van der Waals surface area (Å²) in [4.78, 5) is 13.2. The zero-order valence-electron chi connectivity index (χ0n) is 7.07. The molecule has 0 saturated carbocycles. The van der Waals surface area contributed by atoms with Gasteiger partial charge in [-0.15, -0.1) is 0 Å². The van der Waals surface area contributed by atoms with Crippen LogP contribution in [-0.4, -0.2) is 17.8 Å². The molecule has 5 heteroatoms. The number of H-pyrrole nitrogens is 1. The Balaban J connectivity index is 2.77. The summed E-state index contributed by atoms with van der Waals surface area (Å²) in [6.45, 7) is 0. The molecule has 0 saturated heterocycles. The summed E-state index contributed by atoms with van der Waals surface area (Å²) in [5.41, 5.74) is 2.00. The van der Waals surface area contributed by atoms with Gasteiger partial charge in [0.2, 0.25) is 0 Å². The summed E-state index contributed by atoms with van der Waals surface area (Å²) in [6.07, 6.45) is 1.78.